The third-order valence-electron chi connectivity index (χ3n) is 3.39. The summed E-state index contributed by atoms with van der Waals surface area (Å²) in [6, 6.07) is 14.3. The largest absolute Gasteiger partial charge is 0.384 e. The lowest BCUT2D eigenvalue weighted by Crippen LogP contribution is -2.02. The van der Waals surface area contributed by atoms with E-state index in [1.807, 2.05) is 37.3 Å². The van der Waals surface area contributed by atoms with Crippen molar-refractivity contribution in [2.75, 3.05) is 0 Å². The maximum atomic E-state index is 10.5. The second kappa shape index (κ2) is 6.55. The molecule has 0 radical (unpaired) electrons. The Morgan fingerprint density at radius 1 is 1.05 bits per heavy atom. The molecule has 1 atom stereocenters. The summed E-state index contributed by atoms with van der Waals surface area (Å²) in [6.45, 7) is 6.47. The maximum absolute atomic E-state index is 10.5. The minimum atomic E-state index is -0.586. The Balaban J connectivity index is 2.24. The minimum absolute atomic E-state index is 0.586. The van der Waals surface area contributed by atoms with Crippen LogP contribution in [0.2, 0.25) is 0 Å². The van der Waals surface area contributed by atoms with Gasteiger partial charge in [-0.1, -0.05) is 71.7 Å². The van der Waals surface area contributed by atoms with Gasteiger partial charge in [0.15, 0.2) is 0 Å². The number of aryl methyl sites for hydroxylation is 1. The Kier molecular flexibility index (Phi) is 5.00. The van der Waals surface area contributed by atoms with E-state index in [9.17, 15) is 5.11 Å². The summed E-state index contributed by atoms with van der Waals surface area (Å²) in [4.78, 5) is 0. The lowest BCUT2D eigenvalue weighted by atomic mass is 9.97. The average Bonchev–Trinajstić information content (AvgIpc) is 2.41. The lowest BCUT2D eigenvalue weighted by molar-refractivity contribution is 0.219. The number of aliphatic hydroxyl groups excluding tert-OH is 1. The predicted molar refractivity (Wildman–Crippen MR) is 87.9 cm³/mol. The molecular formula is C18H21BrO. The van der Waals surface area contributed by atoms with Gasteiger partial charge < -0.3 is 5.11 Å². The summed E-state index contributed by atoms with van der Waals surface area (Å²) in [5, 5.41) is 10.5. The number of benzene rings is 2. The number of rotatable bonds is 4. The summed E-state index contributed by atoms with van der Waals surface area (Å²) < 4.78 is 0.946. The van der Waals surface area contributed by atoms with Crippen molar-refractivity contribution in [1.82, 2.24) is 0 Å². The fourth-order valence-electron chi connectivity index (χ4n) is 2.36. The Morgan fingerprint density at radius 3 is 2.30 bits per heavy atom. The topological polar surface area (TPSA) is 20.2 Å². The SMILES string of the molecule is Cc1ccc(Br)c(C(O)c2ccc(CC(C)C)cc2)c1. The van der Waals surface area contributed by atoms with Crippen LogP contribution in [-0.4, -0.2) is 5.11 Å². The monoisotopic (exact) mass is 332 g/mol. The van der Waals surface area contributed by atoms with Crippen LogP contribution < -0.4 is 0 Å². The van der Waals surface area contributed by atoms with E-state index in [0.717, 1.165) is 27.6 Å². The van der Waals surface area contributed by atoms with Crippen molar-refractivity contribution in [3.8, 4) is 0 Å². The summed E-state index contributed by atoms with van der Waals surface area (Å²) in [7, 11) is 0. The van der Waals surface area contributed by atoms with E-state index >= 15 is 0 Å². The number of halogens is 1. The molecule has 0 aromatic heterocycles. The van der Waals surface area contributed by atoms with Gasteiger partial charge in [0.05, 0.1) is 0 Å². The fraction of sp³-hybridized carbons (Fsp3) is 0.333. The molecule has 0 spiro atoms. The highest BCUT2D eigenvalue weighted by Crippen LogP contribution is 2.29. The first-order valence-electron chi connectivity index (χ1n) is 7.00. The Labute approximate surface area is 129 Å². The van der Waals surface area contributed by atoms with Gasteiger partial charge in [0.1, 0.15) is 6.10 Å². The van der Waals surface area contributed by atoms with Crippen molar-refractivity contribution >= 4 is 15.9 Å². The number of hydrogen-bond acceptors (Lipinski definition) is 1. The predicted octanol–water partition coefficient (Wildman–Crippen LogP) is 5.04. The van der Waals surface area contributed by atoms with Crippen molar-refractivity contribution in [3.05, 3.63) is 69.2 Å². The van der Waals surface area contributed by atoms with E-state index in [0.29, 0.717) is 5.92 Å². The van der Waals surface area contributed by atoms with Crippen molar-refractivity contribution < 1.29 is 5.11 Å². The fourth-order valence-corrected chi connectivity index (χ4v) is 2.82. The van der Waals surface area contributed by atoms with Crippen LogP contribution in [0.1, 0.15) is 42.2 Å². The van der Waals surface area contributed by atoms with Crippen molar-refractivity contribution in [3.63, 3.8) is 0 Å². The van der Waals surface area contributed by atoms with Gasteiger partial charge in [-0.2, -0.15) is 0 Å². The molecule has 0 bridgehead atoms. The van der Waals surface area contributed by atoms with Crippen LogP contribution in [0.15, 0.2) is 46.9 Å². The molecule has 1 N–H and O–H groups in total. The van der Waals surface area contributed by atoms with E-state index < -0.39 is 6.10 Å². The quantitative estimate of drug-likeness (QED) is 0.831. The number of hydrogen-bond donors (Lipinski definition) is 1. The van der Waals surface area contributed by atoms with Crippen molar-refractivity contribution in [1.29, 1.82) is 0 Å². The Morgan fingerprint density at radius 2 is 1.70 bits per heavy atom. The zero-order chi connectivity index (χ0) is 14.7. The smallest absolute Gasteiger partial charge is 0.105 e. The highest BCUT2D eigenvalue weighted by Gasteiger charge is 2.13. The molecule has 2 heteroatoms. The van der Waals surface area contributed by atoms with Crippen LogP contribution in [0.4, 0.5) is 0 Å². The summed E-state index contributed by atoms with van der Waals surface area (Å²) in [5.41, 5.74) is 4.32. The molecule has 2 aromatic rings. The Hall–Kier alpha value is -1.12. The lowest BCUT2D eigenvalue weighted by Gasteiger charge is -2.15. The minimum Gasteiger partial charge on any atom is -0.384 e. The molecule has 0 fully saturated rings. The molecule has 0 saturated heterocycles. The molecule has 106 valence electrons. The zero-order valence-corrected chi connectivity index (χ0v) is 13.8. The normalized spacial score (nSPS) is 12.7. The molecule has 20 heavy (non-hydrogen) atoms. The van der Waals surface area contributed by atoms with Crippen LogP contribution in [0.25, 0.3) is 0 Å². The van der Waals surface area contributed by atoms with Gasteiger partial charge in [-0.3, -0.25) is 0 Å². The highest BCUT2D eigenvalue weighted by atomic mass is 79.9. The second-order valence-electron chi connectivity index (χ2n) is 5.77. The van der Waals surface area contributed by atoms with E-state index in [4.69, 9.17) is 0 Å². The van der Waals surface area contributed by atoms with Gasteiger partial charge in [-0.15, -0.1) is 0 Å². The molecule has 1 unspecified atom stereocenters. The van der Waals surface area contributed by atoms with Crippen LogP contribution >= 0.6 is 15.9 Å². The average molecular weight is 333 g/mol. The van der Waals surface area contributed by atoms with Crippen LogP contribution in [0.3, 0.4) is 0 Å². The first-order valence-corrected chi connectivity index (χ1v) is 7.79. The summed E-state index contributed by atoms with van der Waals surface area (Å²) in [6.07, 6.45) is 0.488. The van der Waals surface area contributed by atoms with E-state index in [1.54, 1.807) is 0 Å². The zero-order valence-electron chi connectivity index (χ0n) is 12.2. The molecule has 0 aliphatic carbocycles. The molecule has 2 rings (SSSR count). The van der Waals surface area contributed by atoms with Crippen LogP contribution in [-0.2, 0) is 6.42 Å². The standard InChI is InChI=1S/C18H21BrO/c1-12(2)10-14-5-7-15(8-6-14)18(20)16-11-13(3)4-9-17(16)19/h4-9,11-12,18,20H,10H2,1-3H3. The Bertz CT molecular complexity index is 572. The van der Waals surface area contributed by atoms with Crippen LogP contribution in [0, 0.1) is 12.8 Å². The summed E-state index contributed by atoms with van der Waals surface area (Å²) in [5.74, 6) is 0.650. The van der Waals surface area contributed by atoms with E-state index in [1.165, 1.54) is 5.56 Å². The van der Waals surface area contributed by atoms with Gasteiger partial charge in [0.25, 0.3) is 0 Å². The molecular weight excluding hydrogens is 312 g/mol. The third-order valence-corrected chi connectivity index (χ3v) is 4.11. The van der Waals surface area contributed by atoms with Gasteiger partial charge in [0.2, 0.25) is 0 Å². The van der Waals surface area contributed by atoms with Gasteiger partial charge in [-0.25, -0.2) is 0 Å². The van der Waals surface area contributed by atoms with Crippen molar-refractivity contribution in [2.24, 2.45) is 5.92 Å². The maximum Gasteiger partial charge on any atom is 0.105 e. The molecule has 0 saturated carbocycles. The summed E-state index contributed by atoms with van der Waals surface area (Å²) >= 11 is 3.52. The second-order valence-corrected chi connectivity index (χ2v) is 6.62. The van der Waals surface area contributed by atoms with E-state index in [-0.39, 0.29) is 0 Å². The van der Waals surface area contributed by atoms with E-state index in [2.05, 4.69) is 41.9 Å². The molecule has 0 aliphatic rings. The molecule has 1 nitrogen and oxygen atoms in total. The molecule has 0 amide bonds. The van der Waals surface area contributed by atoms with Crippen molar-refractivity contribution in [2.45, 2.75) is 33.3 Å². The molecule has 0 heterocycles. The van der Waals surface area contributed by atoms with Gasteiger partial charge in [-0.05, 0) is 42.0 Å². The van der Waals surface area contributed by atoms with Gasteiger partial charge >= 0.3 is 0 Å². The van der Waals surface area contributed by atoms with Crippen LogP contribution in [0.5, 0.6) is 0 Å². The molecule has 0 aliphatic heterocycles. The molecule has 2 aromatic carbocycles. The van der Waals surface area contributed by atoms with Gasteiger partial charge in [0, 0.05) is 4.47 Å². The first-order chi connectivity index (χ1) is 9.47. The number of aliphatic hydroxyl groups is 1. The first kappa shape index (κ1) is 15.3. The highest BCUT2D eigenvalue weighted by molar-refractivity contribution is 9.10. The third kappa shape index (κ3) is 3.71.